The van der Waals surface area contributed by atoms with Gasteiger partial charge in [0.25, 0.3) is 5.78 Å². The first kappa shape index (κ1) is 26.7. The number of carbonyl (C=O) groups is 2. The van der Waals surface area contributed by atoms with Crippen LogP contribution < -0.4 is 4.90 Å². The third kappa shape index (κ3) is 4.59. The van der Waals surface area contributed by atoms with Gasteiger partial charge >= 0.3 is 5.97 Å². The molecule has 43 heavy (non-hydrogen) atoms. The van der Waals surface area contributed by atoms with Crippen molar-refractivity contribution in [3.05, 3.63) is 184 Å². The summed E-state index contributed by atoms with van der Waals surface area (Å²) in [5.41, 5.74) is 7.45. The summed E-state index contributed by atoms with van der Waals surface area (Å²) >= 11 is 1.40. The van der Waals surface area contributed by atoms with Crippen molar-refractivity contribution in [3.8, 4) is 0 Å². The lowest BCUT2D eigenvalue weighted by atomic mass is 9.92. The van der Waals surface area contributed by atoms with Crippen LogP contribution in [0.2, 0.25) is 0 Å². The van der Waals surface area contributed by atoms with Crippen LogP contribution in [0.15, 0.2) is 156 Å². The largest absolute Gasteiger partial charge is 0.432 e. The highest BCUT2D eigenvalue weighted by molar-refractivity contribution is 8.04. The second-order valence-corrected chi connectivity index (χ2v) is 11.6. The molecule has 0 radical (unpaired) electrons. The van der Waals surface area contributed by atoms with E-state index in [0.29, 0.717) is 11.3 Å². The number of ketones is 1. The Morgan fingerprint density at radius 2 is 1.16 bits per heavy atom. The number of rotatable bonds is 5. The van der Waals surface area contributed by atoms with E-state index in [4.69, 9.17) is 4.74 Å². The molecule has 0 N–H and O–H groups in total. The second-order valence-electron chi connectivity index (χ2n) is 10.5. The van der Waals surface area contributed by atoms with Crippen LogP contribution in [0.1, 0.15) is 27.8 Å². The van der Waals surface area contributed by atoms with E-state index in [1.165, 1.54) is 11.8 Å². The van der Waals surface area contributed by atoms with Gasteiger partial charge in [0, 0.05) is 16.8 Å². The van der Waals surface area contributed by atoms with Gasteiger partial charge in [-0.05, 0) is 47.5 Å². The summed E-state index contributed by atoms with van der Waals surface area (Å²) in [4.78, 5) is 28.1. The van der Waals surface area contributed by atoms with E-state index in [-0.39, 0.29) is 0 Å². The molecule has 0 amide bonds. The van der Waals surface area contributed by atoms with Gasteiger partial charge in [-0.25, -0.2) is 4.79 Å². The number of hydrogen-bond donors (Lipinski definition) is 0. The maximum atomic E-state index is 14.0. The van der Waals surface area contributed by atoms with Crippen LogP contribution in [-0.4, -0.2) is 11.8 Å². The number of thioether (sulfide) groups is 1. The molecule has 5 aromatic carbocycles. The minimum Gasteiger partial charge on any atom is -0.432 e. The number of nitrogens with zero attached hydrogens (tertiary/aromatic N) is 1. The molecule has 1 atom stereocenters. The first-order valence-electron chi connectivity index (χ1n) is 14.1. The van der Waals surface area contributed by atoms with E-state index in [2.05, 4.69) is 60.4 Å². The number of hydrogen-bond acceptors (Lipinski definition) is 5. The first-order chi connectivity index (χ1) is 21.1. The molecule has 0 aromatic heterocycles. The van der Waals surface area contributed by atoms with E-state index in [9.17, 15) is 9.59 Å². The zero-order valence-electron chi connectivity index (χ0n) is 23.4. The molecule has 208 valence electrons. The summed E-state index contributed by atoms with van der Waals surface area (Å²) in [5.74, 6) is -1.49. The molecule has 2 aliphatic rings. The molecule has 0 aliphatic carbocycles. The van der Waals surface area contributed by atoms with E-state index in [1.807, 2.05) is 97.1 Å². The van der Waals surface area contributed by atoms with Crippen LogP contribution in [0.5, 0.6) is 0 Å². The van der Waals surface area contributed by atoms with Crippen LogP contribution in [0.3, 0.4) is 0 Å². The monoisotopic (exact) mass is 577 g/mol. The highest BCUT2D eigenvalue weighted by atomic mass is 32.2. The third-order valence-corrected chi connectivity index (χ3v) is 9.10. The Labute approximate surface area is 255 Å². The summed E-state index contributed by atoms with van der Waals surface area (Å²) in [6.45, 7) is 2.05. The lowest BCUT2D eigenvalue weighted by Gasteiger charge is -2.43. The van der Waals surface area contributed by atoms with Crippen LogP contribution in [-0.2, 0) is 19.3 Å². The molecule has 0 unspecified atom stereocenters. The van der Waals surface area contributed by atoms with E-state index in [0.717, 1.165) is 44.1 Å². The van der Waals surface area contributed by atoms with Crippen LogP contribution >= 0.6 is 11.8 Å². The number of ether oxygens (including phenoxy) is 1. The van der Waals surface area contributed by atoms with Gasteiger partial charge < -0.3 is 9.64 Å². The fraction of sp³-hybridized carbons (Fsp3) is 0.0526. The van der Waals surface area contributed by atoms with E-state index >= 15 is 0 Å². The Morgan fingerprint density at radius 3 is 1.72 bits per heavy atom. The SMILES string of the molecule is Cc1ccc(N2C(=C(c3ccccc3)c3ccccc3)S[C@@]3(c4ccccc4)OC(=O)C(=O)C3=C2c2ccccc2)cc1. The van der Waals surface area contributed by atoms with Crippen molar-refractivity contribution < 1.29 is 14.3 Å². The lowest BCUT2D eigenvalue weighted by Crippen LogP contribution is -2.37. The Morgan fingerprint density at radius 1 is 0.651 bits per heavy atom. The van der Waals surface area contributed by atoms with Gasteiger partial charge in [0.1, 0.15) is 0 Å². The van der Waals surface area contributed by atoms with Crippen molar-refractivity contribution in [3.63, 3.8) is 0 Å². The molecule has 2 aliphatic heterocycles. The minimum absolute atomic E-state index is 0.324. The zero-order chi connectivity index (χ0) is 29.4. The standard InChI is InChI=1S/C38H27NO3S/c1-26-22-24-31(25-23-26)39-34(29-18-10-4-11-19-29)33-35(40)37(41)42-38(33,30-20-12-5-13-21-30)43-36(39)32(27-14-6-2-7-15-27)28-16-8-3-9-17-28/h2-25H,1H3/t38-/m1/s1. The van der Waals surface area contributed by atoms with Crippen molar-refractivity contribution in [2.75, 3.05) is 4.90 Å². The molecule has 5 heteroatoms. The number of benzene rings is 5. The molecule has 0 saturated carbocycles. The summed E-state index contributed by atoms with van der Waals surface area (Å²) in [7, 11) is 0. The van der Waals surface area contributed by atoms with Gasteiger partial charge in [-0.2, -0.15) is 0 Å². The Kier molecular flexibility index (Phi) is 6.80. The molecular formula is C38H27NO3S. The average molecular weight is 578 g/mol. The quantitative estimate of drug-likeness (QED) is 0.155. The van der Waals surface area contributed by atoms with Crippen molar-refractivity contribution in [2.45, 2.75) is 11.9 Å². The highest BCUT2D eigenvalue weighted by Gasteiger charge is 2.59. The van der Waals surface area contributed by atoms with Gasteiger partial charge in [0.2, 0.25) is 4.93 Å². The topological polar surface area (TPSA) is 46.6 Å². The van der Waals surface area contributed by atoms with Gasteiger partial charge in [-0.1, -0.05) is 139 Å². The van der Waals surface area contributed by atoms with Crippen molar-refractivity contribution in [1.82, 2.24) is 0 Å². The Hall–Kier alpha value is -5.13. The van der Waals surface area contributed by atoms with E-state index < -0.39 is 16.7 Å². The molecular weight excluding hydrogens is 550 g/mol. The number of aryl methyl sites for hydroxylation is 1. The minimum atomic E-state index is -1.38. The van der Waals surface area contributed by atoms with Crippen LogP contribution in [0.25, 0.3) is 11.3 Å². The zero-order valence-corrected chi connectivity index (χ0v) is 24.3. The number of fused-ring (bicyclic) bond motifs is 1. The smallest absolute Gasteiger partial charge is 0.381 e. The predicted octanol–water partition coefficient (Wildman–Crippen LogP) is 8.36. The summed E-state index contributed by atoms with van der Waals surface area (Å²) in [6.07, 6.45) is 0. The van der Waals surface area contributed by atoms with Crippen LogP contribution in [0.4, 0.5) is 5.69 Å². The molecule has 0 spiro atoms. The molecule has 5 aromatic rings. The number of carbonyl (C=O) groups excluding carboxylic acids is 2. The maximum Gasteiger partial charge on any atom is 0.381 e. The summed E-state index contributed by atoms with van der Waals surface area (Å²) in [6, 6.07) is 48.1. The lowest BCUT2D eigenvalue weighted by molar-refractivity contribution is -0.150. The second kappa shape index (κ2) is 10.9. The van der Waals surface area contributed by atoms with Gasteiger partial charge in [0.05, 0.1) is 16.3 Å². The first-order valence-corrected chi connectivity index (χ1v) is 14.9. The number of esters is 1. The third-order valence-electron chi connectivity index (χ3n) is 7.71. The van der Waals surface area contributed by atoms with Crippen molar-refractivity contribution >= 4 is 40.5 Å². The Bertz CT molecular complexity index is 1840. The van der Waals surface area contributed by atoms with Crippen molar-refractivity contribution in [1.29, 1.82) is 0 Å². The molecule has 1 saturated heterocycles. The van der Waals surface area contributed by atoms with Crippen molar-refractivity contribution in [2.24, 2.45) is 0 Å². The molecule has 2 heterocycles. The summed E-state index contributed by atoms with van der Waals surface area (Å²) < 4.78 is 6.21. The highest BCUT2D eigenvalue weighted by Crippen LogP contribution is 2.61. The Balaban J connectivity index is 1.67. The van der Waals surface area contributed by atoms with Gasteiger partial charge in [-0.15, -0.1) is 0 Å². The molecule has 1 fully saturated rings. The van der Waals surface area contributed by atoms with Gasteiger partial charge in [0.15, 0.2) is 0 Å². The number of Topliss-reactive ketones (excluding diaryl/α,β-unsaturated/α-hetero) is 1. The van der Waals surface area contributed by atoms with E-state index in [1.54, 1.807) is 0 Å². The van der Waals surface area contributed by atoms with Gasteiger partial charge in [-0.3, -0.25) is 4.79 Å². The average Bonchev–Trinajstić information content (AvgIpc) is 3.32. The van der Waals surface area contributed by atoms with Crippen LogP contribution in [0, 0.1) is 6.92 Å². The molecule has 4 nitrogen and oxygen atoms in total. The fourth-order valence-electron chi connectivity index (χ4n) is 5.73. The normalized spacial score (nSPS) is 18.0. The predicted molar refractivity (Wildman–Crippen MR) is 173 cm³/mol. The number of anilines is 1. The summed E-state index contributed by atoms with van der Waals surface area (Å²) in [5, 5.41) is 0.843. The molecule has 0 bridgehead atoms. The fourth-order valence-corrected chi connectivity index (χ4v) is 7.29. The maximum absolute atomic E-state index is 14.0. The molecule has 7 rings (SSSR count).